The molecule has 0 N–H and O–H groups in total. The van der Waals surface area contributed by atoms with Crippen molar-refractivity contribution in [3.05, 3.63) is 29.8 Å². The van der Waals surface area contributed by atoms with Crippen molar-refractivity contribution in [3.63, 3.8) is 0 Å². The van der Waals surface area contributed by atoms with Gasteiger partial charge >= 0.3 is 0 Å². The minimum Gasteiger partial charge on any atom is -0.354 e. The molecule has 0 saturated carbocycles. The minimum absolute atomic E-state index is 0.558. The quantitative estimate of drug-likeness (QED) is 0.764. The second kappa shape index (κ2) is 3.79. The molecule has 0 aliphatic carbocycles. The summed E-state index contributed by atoms with van der Waals surface area (Å²) in [6.07, 6.45) is 3.28. The topological polar surface area (TPSA) is 51.8 Å². The lowest BCUT2D eigenvalue weighted by molar-refractivity contribution is 0.425. The number of thiol groups is 1. The third-order valence-corrected chi connectivity index (χ3v) is 2.16. The first-order chi connectivity index (χ1) is 6.81. The van der Waals surface area contributed by atoms with Crippen LogP contribution in [0.15, 0.2) is 23.0 Å². The van der Waals surface area contributed by atoms with Crippen molar-refractivity contribution in [2.45, 2.75) is 12.7 Å². The van der Waals surface area contributed by atoms with Crippen LogP contribution < -0.4 is 0 Å². The maximum Gasteiger partial charge on any atom is 0.187 e. The Morgan fingerprint density at radius 3 is 2.79 bits per heavy atom. The van der Waals surface area contributed by atoms with Gasteiger partial charge in [-0.15, -0.1) is 0 Å². The Balaban J connectivity index is 2.44. The molecule has 2 rings (SSSR count). The van der Waals surface area contributed by atoms with Crippen molar-refractivity contribution in [1.29, 1.82) is 0 Å². The molecule has 2 aromatic heterocycles. The summed E-state index contributed by atoms with van der Waals surface area (Å²) >= 11 is 4.10. The third-order valence-electron chi connectivity index (χ3n) is 1.84. The molecule has 0 fully saturated rings. The summed E-state index contributed by atoms with van der Waals surface area (Å²) in [4.78, 5) is 8.30. The smallest absolute Gasteiger partial charge is 0.187 e. The molecule has 0 aliphatic heterocycles. The molecule has 0 saturated heterocycles. The van der Waals surface area contributed by atoms with Crippen LogP contribution in [0.5, 0.6) is 0 Å². The van der Waals surface area contributed by atoms with E-state index in [0.717, 1.165) is 17.1 Å². The molecule has 72 valence electrons. The molecule has 4 nitrogen and oxygen atoms in total. The van der Waals surface area contributed by atoms with Gasteiger partial charge in [0.25, 0.3) is 0 Å². The van der Waals surface area contributed by atoms with Gasteiger partial charge in [0, 0.05) is 24.2 Å². The SMILES string of the molecule is Cc1nccnc1-c1cc(CS)no1. The highest BCUT2D eigenvalue weighted by atomic mass is 32.1. The maximum absolute atomic E-state index is 5.12. The molecule has 0 radical (unpaired) electrons. The minimum atomic E-state index is 0.558. The lowest BCUT2D eigenvalue weighted by Crippen LogP contribution is -1.88. The van der Waals surface area contributed by atoms with Gasteiger partial charge in [0.15, 0.2) is 5.76 Å². The Labute approximate surface area is 86.8 Å². The Morgan fingerprint density at radius 2 is 2.14 bits per heavy atom. The first-order valence-corrected chi connectivity index (χ1v) is 4.79. The summed E-state index contributed by atoms with van der Waals surface area (Å²) < 4.78 is 5.12. The van der Waals surface area contributed by atoms with Gasteiger partial charge in [-0.1, -0.05) is 5.16 Å². The molecule has 0 unspecified atom stereocenters. The fourth-order valence-electron chi connectivity index (χ4n) is 1.15. The molecule has 14 heavy (non-hydrogen) atoms. The molecule has 0 spiro atoms. The van der Waals surface area contributed by atoms with Gasteiger partial charge in [-0.05, 0) is 6.92 Å². The number of rotatable bonds is 2. The van der Waals surface area contributed by atoms with Crippen LogP contribution in [0.2, 0.25) is 0 Å². The van der Waals surface area contributed by atoms with Crippen LogP contribution in [0.3, 0.4) is 0 Å². The van der Waals surface area contributed by atoms with Crippen LogP contribution >= 0.6 is 12.6 Å². The molecule has 0 amide bonds. The largest absolute Gasteiger partial charge is 0.354 e. The number of aryl methyl sites for hydroxylation is 1. The average molecular weight is 207 g/mol. The lowest BCUT2D eigenvalue weighted by Gasteiger charge is -1.96. The molecule has 2 aromatic rings. The fourth-order valence-corrected chi connectivity index (χ4v) is 1.30. The monoisotopic (exact) mass is 207 g/mol. The Bertz CT molecular complexity index is 441. The van der Waals surface area contributed by atoms with Crippen molar-refractivity contribution < 1.29 is 4.52 Å². The summed E-state index contributed by atoms with van der Waals surface area (Å²) in [5, 5.41) is 3.83. The maximum atomic E-state index is 5.12. The number of hydrogen-bond acceptors (Lipinski definition) is 5. The zero-order valence-corrected chi connectivity index (χ0v) is 8.53. The highest BCUT2D eigenvalue weighted by Gasteiger charge is 2.09. The van der Waals surface area contributed by atoms with Crippen LogP contribution in [-0.2, 0) is 5.75 Å². The van der Waals surface area contributed by atoms with Gasteiger partial charge in [0.05, 0.1) is 11.4 Å². The Kier molecular flexibility index (Phi) is 2.49. The summed E-state index contributed by atoms with van der Waals surface area (Å²) in [5.74, 6) is 1.20. The molecule has 0 aromatic carbocycles. The van der Waals surface area contributed by atoms with Gasteiger partial charge in [0.1, 0.15) is 5.69 Å². The van der Waals surface area contributed by atoms with Crippen LogP contribution in [0.1, 0.15) is 11.4 Å². The highest BCUT2D eigenvalue weighted by molar-refractivity contribution is 7.79. The zero-order valence-electron chi connectivity index (χ0n) is 7.64. The van der Waals surface area contributed by atoms with Crippen LogP contribution in [0, 0.1) is 6.92 Å². The van der Waals surface area contributed by atoms with E-state index >= 15 is 0 Å². The van der Waals surface area contributed by atoms with E-state index in [4.69, 9.17) is 4.52 Å². The molecule has 0 aliphatic rings. The van der Waals surface area contributed by atoms with Crippen molar-refractivity contribution in [3.8, 4) is 11.5 Å². The summed E-state index contributed by atoms with van der Waals surface area (Å²) in [6.45, 7) is 1.88. The van der Waals surface area contributed by atoms with E-state index in [9.17, 15) is 0 Å². The highest BCUT2D eigenvalue weighted by Crippen LogP contribution is 2.20. The molecular weight excluding hydrogens is 198 g/mol. The Morgan fingerprint density at radius 1 is 1.36 bits per heavy atom. The van der Waals surface area contributed by atoms with E-state index in [1.807, 2.05) is 13.0 Å². The van der Waals surface area contributed by atoms with Crippen molar-refractivity contribution in [2.75, 3.05) is 0 Å². The summed E-state index contributed by atoms with van der Waals surface area (Å²) in [6, 6.07) is 1.82. The van der Waals surface area contributed by atoms with Crippen LogP contribution in [-0.4, -0.2) is 15.1 Å². The summed E-state index contributed by atoms with van der Waals surface area (Å²) in [5.41, 5.74) is 2.36. The molecule has 0 atom stereocenters. The average Bonchev–Trinajstić information content (AvgIpc) is 2.67. The van der Waals surface area contributed by atoms with E-state index in [2.05, 4.69) is 27.8 Å². The first kappa shape index (κ1) is 9.21. The van der Waals surface area contributed by atoms with E-state index < -0.39 is 0 Å². The normalized spacial score (nSPS) is 10.4. The Hall–Kier alpha value is -1.36. The second-order valence-electron chi connectivity index (χ2n) is 2.83. The van der Waals surface area contributed by atoms with Gasteiger partial charge in [-0.3, -0.25) is 4.98 Å². The van der Waals surface area contributed by atoms with Gasteiger partial charge in [0.2, 0.25) is 0 Å². The van der Waals surface area contributed by atoms with E-state index in [-0.39, 0.29) is 0 Å². The predicted molar refractivity (Wildman–Crippen MR) is 55.0 cm³/mol. The van der Waals surface area contributed by atoms with Crippen molar-refractivity contribution in [2.24, 2.45) is 0 Å². The van der Waals surface area contributed by atoms with Crippen LogP contribution in [0.4, 0.5) is 0 Å². The molecule has 5 heteroatoms. The lowest BCUT2D eigenvalue weighted by atomic mass is 10.2. The predicted octanol–water partition coefficient (Wildman–Crippen LogP) is 1.87. The number of nitrogens with zero attached hydrogens (tertiary/aromatic N) is 3. The van der Waals surface area contributed by atoms with Gasteiger partial charge < -0.3 is 4.52 Å². The number of aromatic nitrogens is 3. The van der Waals surface area contributed by atoms with Crippen molar-refractivity contribution >= 4 is 12.6 Å². The number of hydrogen-bond donors (Lipinski definition) is 1. The fraction of sp³-hybridized carbons (Fsp3) is 0.222. The first-order valence-electron chi connectivity index (χ1n) is 4.15. The van der Waals surface area contributed by atoms with Crippen molar-refractivity contribution in [1.82, 2.24) is 15.1 Å². The van der Waals surface area contributed by atoms with E-state index in [1.165, 1.54) is 0 Å². The third kappa shape index (κ3) is 1.63. The molecular formula is C9H9N3OS. The zero-order chi connectivity index (χ0) is 9.97. The van der Waals surface area contributed by atoms with E-state index in [0.29, 0.717) is 11.5 Å². The summed E-state index contributed by atoms with van der Waals surface area (Å²) in [7, 11) is 0. The standard InChI is InChI=1S/C9H9N3OS/c1-6-9(11-3-2-10-6)8-4-7(5-14)12-13-8/h2-4,14H,5H2,1H3. The second-order valence-corrected chi connectivity index (χ2v) is 3.15. The van der Waals surface area contributed by atoms with Gasteiger partial charge in [-0.25, -0.2) is 4.98 Å². The van der Waals surface area contributed by atoms with Gasteiger partial charge in [-0.2, -0.15) is 12.6 Å². The van der Waals surface area contributed by atoms with Crippen LogP contribution in [0.25, 0.3) is 11.5 Å². The molecule has 2 heterocycles. The van der Waals surface area contributed by atoms with E-state index in [1.54, 1.807) is 12.4 Å². The molecule has 0 bridgehead atoms.